The van der Waals surface area contributed by atoms with Crippen molar-refractivity contribution in [2.75, 3.05) is 27.2 Å². The summed E-state index contributed by atoms with van der Waals surface area (Å²) in [4.78, 5) is 2.43. The molecule has 1 N–H and O–H groups in total. The van der Waals surface area contributed by atoms with Gasteiger partial charge in [0.15, 0.2) is 0 Å². The topological polar surface area (TPSA) is 24.5 Å². The third kappa shape index (κ3) is 3.44. The van der Waals surface area contributed by atoms with Crippen LogP contribution in [0.25, 0.3) is 0 Å². The normalized spacial score (nSPS) is 34.1. The number of rotatable bonds is 3. The largest absolute Gasteiger partial charge is 0.381 e. The molecular formula is C13H26N2O. The van der Waals surface area contributed by atoms with E-state index in [9.17, 15) is 0 Å². The fourth-order valence-electron chi connectivity index (χ4n) is 2.97. The van der Waals surface area contributed by atoms with Crippen molar-refractivity contribution in [1.82, 2.24) is 10.2 Å². The van der Waals surface area contributed by atoms with Crippen LogP contribution in [-0.4, -0.2) is 50.3 Å². The third-order valence-corrected chi connectivity index (χ3v) is 4.20. The van der Waals surface area contributed by atoms with E-state index in [0.717, 1.165) is 12.1 Å². The van der Waals surface area contributed by atoms with Gasteiger partial charge in [-0.25, -0.2) is 0 Å². The quantitative estimate of drug-likeness (QED) is 0.791. The van der Waals surface area contributed by atoms with Crippen LogP contribution >= 0.6 is 0 Å². The highest BCUT2D eigenvalue weighted by Crippen LogP contribution is 2.22. The van der Waals surface area contributed by atoms with Gasteiger partial charge in [-0.15, -0.1) is 0 Å². The van der Waals surface area contributed by atoms with E-state index < -0.39 is 0 Å². The third-order valence-electron chi connectivity index (χ3n) is 4.20. The molecule has 1 aliphatic carbocycles. The van der Waals surface area contributed by atoms with Crippen molar-refractivity contribution >= 4 is 0 Å². The highest BCUT2D eigenvalue weighted by atomic mass is 16.5. The van der Waals surface area contributed by atoms with E-state index in [0.29, 0.717) is 6.10 Å². The van der Waals surface area contributed by atoms with Crippen molar-refractivity contribution in [1.29, 1.82) is 0 Å². The van der Waals surface area contributed by atoms with Crippen molar-refractivity contribution in [2.45, 2.75) is 56.7 Å². The zero-order valence-corrected chi connectivity index (χ0v) is 10.7. The summed E-state index contributed by atoms with van der Waals surface area (Å²) in [5.41, 5.74) is 0. The van der Waals surface area contributed by atoms with Crippen LogP contribution in [0.3, 0.4) is 0 Å². The molecule has 1 saturated heterocycles. The van der Waals surface area contributed by atoms with Gasteiger partial charge >= 0.3 is 0 Å². The van der Waals surface area contributed by atoms with E-state index in [1.54, 1.807) is 0 Å². The highest BCUT2D eigenvalue weighted by molar-refractivity contribution is 4.83. The van der Waals surface area contributed by atoms with E-state index in [2.05, 4.69) is 17.3 Å². The highest BCUT2D eigenvalue weighted by Gasteiger charge is 2.24. The summed E-state index contributed by atoms with van der Waals surface area (Å²) in [6.07, 6.45) is 8.23. The first kappa shape index (κ1) is 12.3. The monoisotopic (exact) mass is 226 g/mol. The van der Waals surface area contributed by atoms with E-state index in [1.165, 1.54) is 51.6 Å². The predicted octanol–water partition coefficient (Wildman–Crippen LogP) is 1.63. The van der Waals surface area contributed by atoms with Gasteiger partial charge in [0.1, 0.15) is 0 Å². The number of hydrogen-bond donors (Lipinski definition) is 1. The minimum absolute atomic E-state index is 0.524. The Hall–Kier alpha value is -0.120. The number of nitrogens with zero attached hydrogens (tertiary/aromatic N) is 1. The molecule has 2 fully saturated rings. The summed E-state index contributed by atoms with van der Waals surface area (Å²) in [6, 6.07) is 1.51. The molecule has 94 valence electrons. The van der Waals surface area contributed by atoms with Crippen LogP contribution in [0.4, 0.5) is 0 Å². The maximum Gasteiger partial charge on any atom is 0.0572 e. The van der Waals surface area contributed by atoms with Gasteiger partial charge in [0, 0.05) is 19.2 Å². The van der Waals surface area contributed by atoms with Gasteiger partial charge in [-0.05, 0) is 58.7 Å². The predicted molar refractivity (Wildman–Crippen MR) is 66.7 cm³/mol. The Bertz CT molecular complexity index is 194. The molecule has 0 amide bonds. The van der Waals surface area contributed by atoms with E-state index in [1.807, 2.05) is 7.11 Å². The molecule has 3 nitrogen and oxygen atoms in total. The molecule has 2 aliphatic rings. The van der Waals surface area contributed by atoms with Crippen LogP contribution in [0, 0.1) is 0 Å². The second kappa shape index (κ2) is 5.99. The van der Waals surface area contributed by atoms with Crippen LogP contribution in [0.1, 0.15) is 38.5 Å². The molecule has 1 aliphatic heterocycles. The Morgan fingerprint density at radius 2 is 1.50 bits per heavy atom. The van der Waals surface area contributed by atoms with Crippen molar-refractivity contribution in [3.63, 3.8) is 0 Å². The summed E-state index contributed by atoms with van der Waals surface area (Å²) in [6.45, 7) is 2.51. The van der Waals surface area contributed by atoms with Gasteiger partial charge in [0.2, 0.25) is 0 Å². The van der Waals surface area contributed by atoms with Crippen LogP contribution in [-0.2, 0) is 4.74 Å². The molecule has 0 aromatic heterocycles. The van der Waals surface area contributed by atoms with Gasteiger partial charge in [-0.3, -0.25) is 0 Å². The standard InChI is InChI=1S/C13H26N2O/c1-15-9-7-12(8-10-15)14-11-3-5-13(16-2)6-4-11/h11-14H,3-10H2,1-2H3. The average molecular weight is 226 g/mol. The van der Waals surface area contributed by atoms with Gasteiger partial charge in [-0.2, -0.15) is 0 Å². The molecule has 0 radical (unpaired) electrons. The lowest BCUT2D eigenvalue weighted by Gasteiger charge is -2.35. The van der Waals surface area contributed by atoms with Gasteiger partial charge in [0.25, 0.3) is 0 Å². The van der Waals surface area contributed by atoms with Crippen molar-refractivity contribution in [2.24, 2.45) is 0 Å². The smallest absolute Gasteiger partial charge is 0.0572 e. The number of methoxy groups -OCH3 is 1. The second-order valence-corrected chi connectivity index (χ2v) is 5.45. The van der Waals surface area contributed by atoms with Gasteiger partial charge in [-0.1, -0.05) is 0 Å². The molecule has 0 spiro atoms. The molecule has 0 atom stereocenters. The summed E-state index contributed by atoms with van der Waals surface area (Å²) >= 11 is 0. The molecule has 1 saturated carbocycles. The molecule has 1 heterocycles. The molecule has 16 heavy (non-hydrogen) atoms. The molecule has 0 bridgehead atoms. The Labute approximate surface area is 99.5 Å². The van der Waals surface area contributed by atoms with E-state index in [4.69, 9.17) is 4.74 Å². The lowest BCUT2D eigenvalue weighted by atomic mass is 9.91. The maximum atomic E-state index is 5.41. The van der Waals surface area contributed by atoms with Gasteiger partial charge in [0.05, 0.1) is 6.10 Å². The number of likely N-dealkylation sites (tertiary alicyclic amines) is 1. The first-order valence-electron chi connectivity index (χ1n) is 6.75. The maximum absolute atomic E-state index is 5.41. The lowest BCUT2D eigenvalue weighted by molar-refractivity contribution is 0.0596. The minimum Gasteiger partial charge on any atom is -0.381 e. The van der Waals surface area contributed by atoms with E-state index in [-0.39, 0.29) is 0 Å². The van der Waals surface area contributed by atoms with Crippen molar-refractivity contribution in [3.05, 3.63) is 0 Å². The van der Waals surface area contributed by atoms with Crippen LogP contribution in [0.5, 0.6) is 0 Å². The summed E-state index contributed by atoms with van der Waals surface area (Å²) in [5, 5.41) is 3.84. The Kier molecular flexibility index (Phi) is 4.62. The number of hydrogen-bond acceptors (Lipinski definition) is 3. The fraction of sp³-hybridized carbons (Fsp3) is 1.00. The van der Waals surface area contributed by atoms with Crippen molar-refractivity contribution in [3.8, 4) is 0 Å². The molecule has 2 rings (SSSR count). The lowest BCUT2D eigenvalue weighted by Crippen LogP contribution is -2.46. The average Bonchev–Trinajstić information content (AvgIpc) is 2.33. The van der Waals surface area contributed by atoms with Crippen LogP contribution < -0.4 is 5.32 Å². The molecular weight excluding hydrogens is 200 g/mol. The number of piperidine rings is 1. The van der Waals surface area contributed by atoms with Gasteiger partial charge < -0.3 is 15.0 Å². The minimum atomic E-state index is 0.524. The molecule has 0 aromatic rings. The number of nitrogens with one attached hydrogen (secondary N) is 1. The first-order valence-corrected chi connectivity index (χ1v) is 6.75. The van der Waals surface area contributed by atoms with Crippen LogP contribution in [0.2, 0.25) is 0 Å². The Balaban J connectivity index is 1.66. The van der Waals surface area contributed by atoms with E-state index >= 15 is 0 Å². The first-order chi connectivity index (χ1) is 7.78. The summed E-state index contributed by atoms with van der Waals surface area (Å²) < 4.78 is 5.41. The zero-order valence-electron chi connectivity index (χ0n) is 10.7. The Morgan fingerprint density at radius 1 is 0.938 bits per heavy atom. The van der Waals surface area contributed by atoms with Crippen LogP contribution in [0.15, 0.2) is 0 Å². The summed E-state index contributed by atoms with van der Waals surface area (Å²) in [5.74, 6) is 0. The second-order valence-electron chi connectivity index (χ2n) is 5.45. The Morgan fingerprint density at radius 3 is 2.06 bits per heavy atom. The zero-order chi connectivity index (χ0) is 11.4. The molecule has 0 aromatic carbocycles. The number of ether oxygens (including phenoxy) is 1. The molecule has 0 unspecified atom stereocenters. The SMILES string of the molecule is COC1CCC(NC2CCN(C)CC2)CC1. The summed E-state index contributed by atoms with van der Waals surface area (Å²) in [7, 11) is 4.06. The molecule has 3 heteroatoms. The van der Waals surface area contributed by atoms with Crippen molar-refractivity contribution < 1.29 is 4.74 Å². The fourth-order valence-corrected chi connectivity index (χ4v) is 2.97.